The van der Waals surface area contributed by atoms with Crippen LogP contribution in [0.25, 0.3) is 0 Å². The average molecular weight is 965 g/mol. The Hall–Kier alpha value is -3.06. The lowest BCUT2D eigenvalue weighted by atomic mass is 9.98. The van der Waals surface area contributed by atoms with E-state index in [0.717, 1.165) is 70.6 Å². The van der Waals surface area contributed by atoms with E-state index in [0.29, 0.717) is 19.3 Å². The van der Waals surface area contributed by atoms with Crippen LogP contribution in [-0.4, -0.2) is 142 Å². The van der Waals surface area contributed by atoms with Crippen LogP contribution in [0.4, 0.5) is 0 Å². The van der Waals surface area contributed by atoms with Crippen LogP contribution in [0.3, 0.4) is 0 Å². The Morgan fingerprint density at radius 1 is 0.485 bits per heavy atom. The molecule has 0 radical (unpaired) electrons. The molecule has 2 aliphatic heterocycles. The van der Waals surface area contributed by atoms with Gasteiger partial charge in [0.25, 0.3) is 0 Å². The van der Waals surface area contributed by atoms with Gasteiger partial charge in [0.15, 0.2) is 18.7 Å². The van der Waals surface area contributed by atoms with Gasteiger partial charge in [-0.1, -0.05) is 138 Å². The lowest BCUT2D eigenvalue weighted by Gasteiger charge is -2.42. The maximum absolute atomic E-state index is 13.0. The van der Waals surface area contributed by atoms with E-state index < -0.39 is 99.3 Å². The first-order chi connectivity index (χ1) is 33.0. The third-order valence-electron chi connectivity index (χ3n) is 11.7. The average Bonchev–Trinajstić information content (AvgIpc) is 3.33. The van der Waals surface area contributed by atoms with Gasteiger partial charge in [0.1, 0.15) is 55.4 Å². The van der Waals surface area contributed by atoms with E-state index in [4.69, 9.17) is 28.4 Å². The van der Waals surface area contributed by atoms with E-state index in [1.165, 1.54) is 38.5 Å². The molecular weight excluding hydrogens is 877 g/mol. The third kappa shape index (κ3) is 27.4. The molecular formula is C53H88O15. The van der Waals surface area contributed by atoms with Crippen LogP contribution >= 0.6 is 0 Å². The van der Waals surface area contributed by atoms with Crippen molar-refractivity contribution in [1.29, 1.82) is 0 Å². The highest BCUT2D eigenvalue weighted by Crippen LogP contribution is 2.26. The molecule has 2 fully saturated rings. The van der Waals surface area contributed by atoms with E-state index in [2.05, 4.69) is 74.6 Å². The number of allylic oxidation sites excluding steroid dienone is 12. The molecule has 0 spiro atoms. The molecule has 4 unspecified atom stereocenters. The molecule has 0 saturated carbocycles. The van der Waals surface area contributed by atoms with Crippen LogP contribution in [0.1, 0.15) is 155 Å². The summed E-state index contributed by atoms with van der Waals surface area (Å²) in [6.45, 7) is 2.38. The van der Waals surface area contributed by atoms with Gasteiger partial charge in [-0.15, -0.1) is 0 Å². The number of aliphatic hydroxyl groups excluding tert-OH is 7. The Morgan fingerprint density at radius 3 is 1.51 bits per heavy atom. The van der Waals surface area contributed by atoms with Gasteiger partial charge in [0, 0.05) is 12.8 Å². The van der Waals surface area contributed by atoms with Crippen molar-refractivity contribution in [1.82, 2.24) is 0 Å². The summed E-state index contributed by atoms with van der Waals surface area (Å²) >= 11 is 0. The van der Waals surface area contributed by atoms with Crippen molar-refractivity contribution in [2.45, 2.75) is 223 Å². The van der Waals surface area contributed by atoms with Crippen molar-refractivity contribution in [3.05, 3.63) is 72.9 Å². The fraction of sp³-hybridized carbons (Fsp3) is 0.736. The highest BCUT2D eigenvalue weighted by atomic mass is 16.7. The number of rotatable bonds is 38. The van der Waals surface area contributed by atoms with Crippen LogP contribution in [0.2, 0.25) is 0 Å². The van der Waals surface area contributed by atoms with Crippen LogP contribution < -0.4 is 0 Å². The quantitative estimate of drug-likeness (QED) is 0.0187. The number of ether oxygens (including phenoxy) is 6. The van der Waals surface area contributed by atoms with Gasteiger partial charge in [-0.3, -0.25) is 9.59 Å². The standard InChI is InChI=1S/C53H88O15/c1-3-5-7-9-11-13-15-17-19-20-22-23-25-27-29-31-33-35-44(55)63-38-41(66-45(56)36-34-32-30-28-26-24-21-18-16-14-12-10-8-6-4-2)39-64-52-51(62)49(60)47(58)43(68-52)40-65-53-50(61)48(59)46(57)42(37-54)67-53/h5,7,11,13-14,16-17,19,22-23,27,29,41-43,46-54,57-62H,3-4,6,8-10,12,15,18,20-21,24-26,28,30-40H2,1-2H3/b7-5+,13-11+,16-14+,19-17+,23-22+,29-27+/t41-,42+,43+,46-,47-,48?,49?,50?,51?,52+,53+/m0/s1. The number of esters is 2. The first-order valence-corrected chi connectivity index (χ1v) is 25.5. The van der Waals surface area contributed by atoms with Crippen LogP contribution in [0.5, 0.6) is 0 Å². The predicted molar refractivity (Wildman–Crippen MR) is 261 cm³/mol. The smallest absolute Gasteiger partial charge is 0.306 e. The number of hydrogen-bond donors (Lipinski definition) is 7. The van der Waals surface area contributed by atoms with Crippen molar-refractivity contribution in [2.75, 3.05) is 26.4 Å². The highest BCUT2D eigenvalue weighted by Gasteiger charge is 2.47. The summed E-state index contributed by atoms with van der Waals surface area (Å²) < 4.78 is 33.5. The first kappa shape index (κ1) is 61.1. The normalized spacial score (nSPS) is 26.4. The Morgan fingerprint density at radius 2 is 0.941 bits per heavy atom. The fourth-order valence-corrected chi connectivity index (χ4v) is 7.48. The minimum Gasteiger partial charge on any atom is -0.462 e. The Labute approximate surface area is 406 Å². The monoisotopic (exact) mass is 965 g/mol. The van der Waals surface area contributed by atoms with Gasteiger partial charge in [-0.05, 0) is 77.0 Å². The van der Waals surface area contributed by atoms with Crippen molar-refractivity contribution >= 4 is 11.9 Å². The minimum absolute atomic E-state index is 0.135. The SMILES string of the molecule is CC/C=C/C/C=C/C/C=C/C/C=C/C/C=C/CCCC(=O)OC[C@@H](CO[C@@H]1O[C@H](CO[C@@H]2O[C@H](CO)[C@H](O)C(O)C2O)[C@H](O)C(O)C1O)OC(=O)CCCCCCCCC/C=C/CCCCCC. The minimum atomic E-state index is -1.78. The van der Waals surface area contributed by atoms with Crippen LogP contribution in [0.15, 0.2) is 72.9 Å². The molecule has 2 aliphatic rings. The largest absolute Gasteiger partial charge is 0.462 e. The van der Waals surface area contributed by atoms with Gasteiger partial charge in [0.05, 0.1) is 19.8 Å². The Balaban J connectivity index is 1.84. The number of unbranched alkanes of at least 4 members (excludes halogenated alkanes) is 12. The van der Waals surface area contributed by atoms with Crippen molar-refractivity contribution in [2.24, 2.45) is 0 Å². The lowest BCUT2D eigenvalue weighted by Crippen LogP contribution is -2.61. The Bertz CT molecular complexity index is 1460. The molecule has 0 aromatic rings. The molecule has 390 valence electrons. The lowest BCUT2D eigenvalue weighted by molar-refractivity contribution is -0.332. The molecule has 0 bridgehead atoms. The molecule has 7 N–H and O–H groups in total. The predicted octanol–water partition coefficient (Wildman–Crippen LogP) is 7.04. The number of hydrogen-bond acceptors (Lipinski definition) is 15. The molecule has 0 aromatic heterocycles. The van der Waals surface area contributed by atoms with E-state index >= 15 is 0 Å². The second-order valence-electron chi connectivity index (χ2n) is 17.6. The zero-order chi connectivity index (χ0) is 49.6. The zero-order valence-corrected chi connectivity index (χ0v) is 41.1. The molecule has 0 aromatic carbocycles. The Kier molecular flexibility index (Phi) is 35.6. The fourth-order valence-electron chi connectivity index (χ4n) is 7.48. The van der Waals surface area contributed by atoms with Gasteiger partial charge in [-0.2, -0.15) is 0 Å². The summed E-state index contributed by atoms with van der Waals surface area (Å²) in [4.78, 5) is 25.7. The van der Waals surface area contributed by atoms with Gasteiger partial charge in [-0.25, -0.2) is 0 Å². The van der Waals surface area contributed by atoms with E-state index in [1.807, 2.05) is 12.2 Å². The van der Waals surface area contributed by atoms with Crippen molar-refractivity contribution in [3.63, 3.8) is 0 Å². The molecule has 2 rings (SSSR count). The number of aliphatic hydroxyl groups is 7. The highest BCUT2D eigenvalue weighted by molar-refractivity contribution is 5.70. The summed E-state index contributed by atoms with van der Waals surface area (Å²) in [5.74, 6) is -1.00. The molecule has 68 heavy (non-hydrogen) atoms. The summed E-state index contributed by atoms with van der Waals surface area (Å²) in [5.41, 5.74) is 0. The molecule has 2 heterocycles. The van der Waals surface area contributed by atoms with E-state index in [-0.39, 0.29) is 19.4 Å². The van der Waals surface area contributed by atoms with Gasteiger partial charge < -0.3 is 64.2 Å². The van der Waals surface area contributed by atoms with Crippen molar-refractivity contribution < 1.29 is 73.8 Å². The van der Waals surface area contributed by atoms with E-state index in [9.17, 15) is 45.3 Å². The summed E-state index contributed by atoms with van der Waals surface area (Å²) in [6.07, 6.45) is 29.3. The van der Waals surface area contributed by atoms with Crippen LogP contribution in [0, 0.1) is 0 Å². The van der Waals surface area contributed by atoms with Crippen LogP contribution in [-0.2, 0) is 38.0 Å². The molecule has 15 nitrogen and oxygen atoms in total. The topological polar surface area (TPSA) is 231 Å². The number of carbonyl (C=O) groups excluding carboxylic acids is 2. The molecule has 0 amide bonds. The van der Waals surface area contributed by atoms with Crippen molar-refractivity contribution in [3.8, 4) is 0 Å². The summed E-state index contributed by atoms with van der Waals surface area (Å²) in [5, 5.41) is 72.1. The van der Waals surface area contributed by atoms with Gasteiger partial charge in [0.2, 0.25) is 0 Å². The summed E-state index contributed by atoms with van der Waals surface area (Å²) in [7, 11) is 0. The maximum Gasteiger partial charge on any atom is 0.306 e. The number of carbonyl (C=O) groups is 2. The molecule has 15 heteroatoms. The van der Waals surface area contributed by atoms with Gasteiger partial charge >= 0.3 is 11.9 Å². The molecule has 2 saturated heterocycles. The van der Waals surface area contributed by atoms with E-state index in [1.54, 1.807) is 0 Å². The first-order valence-electron chi connectivity index (χ1n) is 25.5. The molecule has 11 atom stereocenters. The second kappa shape index (κ2) is 39.6. The second-order valence-corrected chi connectivity index (χ2v) is 17.6. The maximum atomic E-state index is 13.0. The zero-order valence-electron chi connectivity index (χ0n) is 41.1. The molecule has 0 aliphatic carbocycles. The summed E-state index contributed by atoms with van der Waals surface area (Å²) in [6, 6.07) is 0. The third-order valence-corrected chi connectivity index (χ3v) is 11.7.